The van der Waals surface area contributed by atoms with Gasteiger partial charge in [-0.05, 0) is 25.5 Å². The van der Waals surface area contributed by atoms with Crippen LogP contribution in [0.2, 0.25) is 0 Å². The lowest BCUT2D eigenvalue weighted by molar-refractivity contribution is 0.0602. The first-order valence-electron chi connectivity index (χ1n) is 7.36. The Hall–Kier alpha value is -1.19. The molecule has 1 unspecified atom stereocenters. The Kier molecular flexibility index (Phi) is 6.22. The molecule has 1 aromatic heterocycles. The third-order valence-electron chi connectivity index (χ3n) is 3.87. The molecule has 0 bridgehead atoms. The number of thiophene rings is 1. The highest BCUT2D eigenvalue weighted by molar-refractivity contribution is 7.90. The van der Waals surface area contributed by atoms with Gasteiger partial charge in [-0.2, -0.15) is 0 Å². The van der Waals surface area contributed by atoms with Gasteiger partial charge in [-0.25, -0.2) is 17.9 Å². The average molecular weight is 391 g/mol. The first-order chi connectivity index (χ1) is 11.0. The highest BCUT2D eigenvalue weighted by atomic mass is 35.5. The van der Waals surface area contributed by atoms with E-state index in [9.17, 15) is 13.2 Å². The minimum Gasteiger partial charge on any atom is -0.465 e. The quantitative estimate of drug-likeness (QED) is 0.764. The Bertz CT molecular complexity index is 829. The van der Waals surface area contributed by atoms with Crippen molar-refractivity contribution in [2.24, 2.45) is 0 Å². The van der Waals surface area contributed by atoms with E-state index in [2.05, 4.69) is 10.0 Å². The number of hydrogen-bond donors (Lipinski definition) is 2. The van der Waals surface area contributed by atoms with Crippen LogP contribution in [0.15, 0.2) is 29.2 Å². The second kappa shape index (κ2) is 7.79. The minimum atomic E-state index is -3.80. The van der Waals surface area contributed by atoms with E-state index < -0.39 is 16.0 Å². The standard InChI is InChI=1S/C15H18N2O4S2.ClH/c1-21-15(18)13-14(11-6-2-3-7-12(11)22-13)23(19,20)17-9-10-5-4-8-16-10;/h2-3,6-7,10,16-17H,4-5,8-9H2,1H3;1H. The molecule has 1 atom stereocenters. The molecule has 0 saturated carbocycles. The van der Waals surface area contributed by atoms with Crippen molar-refractivity contribution in [3.63, 3.8) is 0 Å². The summed E-state index contributed by atoms with van der Waals surface area (Å²) in [7, 11) is -2.55. The van der Waals surface area contributed by atoms with Crippen LogP contribution < -0.4 is 10.0 Å². The number of sulfonamides is 1. The Morgan fingerprint density at radius 2 is 2.17 bits per heavy atom. The first-order valence-corrected chi connectivity index (χ1v) is 9.66. The molecule has 24 heavy (non-hydrogen) atoms. The number of ether oxygens (including phenoxy) is 1. The summed E-state index contributed by atoms with van der Waals surface area (Å²) < 4.78 is 33.6. The number of carbonyl (C=O) groups excluding carboxylic acids is 1. The van der Waals surface area contributed by atoms with Crippen molar-refractivity contribution in [3.05, 3.63) is 29.1 Å². The molecular formula is C15H19ClN2O4S2. The van der Waals surface area contributed by atoms with Crippen molar-refractivity contribution in [1.29, 1.82) is 0 Å². The third kappa shape index (κ3) is 3.73. The van der Waals surface area contributed by atoms with E-state index in [1.54, 1.807) is 18.2 Å². The fourth-order valence-corrected chi connectivity index (χ4v) is 5.62. The summed E-state index contributed by atoms with van der Waals surface area (Å²) in [4.78, 5) is 12.1. The van der Waals surface area contributed by atoms with Crippen molar-refractivity contribution in [1.82, 2.24) is 10.0 Å². The van der Waals surface area contributed by atoms with Crippen LogP contribution in [0.4, 0.5) is 0 Å². The zero-order valence-electron chi connectivity index (χ0n) is 13.1. The molecule has 1 saturated heterocycles. The molecule has 0 radical (unpaired) electrons. The molecule has 3 rings (SSSR count). The predicted octanol–water partition coefficient (Wildman–Crippen LogP) is 2.14. The van der Waals surface area contributed by atoms with E-state index in [-0.39, 0.29) is 28.2 Å². The zero-order valence-corrected chi connectivity index (χ0v) is 15.5. The number of hydrogen-bond acceptors (Lipinski definition) is 6. The monoisotopic (exact) mass is 390 g/mol. The second-order valence-corrected chi connectivity index (χ2v) is 8.15. The number of rotatable bonds is 5. The van der Waals surface area contributed by atoms with Crippen LogP contribution in [0, 0.1) is 0 Å². The van der Waals surface area contributed by atoms with Gasteiger partial charge in [-0.1, -0.05) is 18.2 Å². The van der Waals surface area contributed by atoms with Crippen molar-refractivity contribution in [3.8, 4) is 0 Å². The van der Waals surface area contributed by atoms with Crippen molar-refractivity contribution >= 4 is 49.8 Å². The van der Waals surface area contributed by atoms with Gasteiger partial charge in [-0.3, -0.25) is 0 Å². The molecule has 1 aliphatic heterocycles. The number of carbonyl (C=O) groups is 1. The fourth-order valence-electron chi connectivity index (χ4n) is 2.73. The summed E-state index contributed by atoms with van der Waals surface area (Å²) in [6.45, 7) is 1.22. The molecule has 1 aliphatic rings. The van der Waals surface area contributed by atoms with Gasteiger partial charge in [0, 0.05) is 22.7 Å². The Labute approximate surface area is 151 Å². The molecular weight excluding hydrogens is 372 g/mol. The SMILES string of the molecule is COC(=O)c1sc2ccccc2c1S(=O)(=O)NCC1CCCN1.Cl. The number of fused-ring (bicyclic) bond motifs is 1. The summed E-state index contributed by atoms with van der Waals surface area (Å²) in [6.07, 6.45) is 1.98. The van der Waals surface area contributed by atoms with Crippen LogP contribution in [0.25, 0.3) is 10.1 Å². The van der Waals surface area contributed by atoms with Gasteiger partial charge in [0.25, 0.3) is 0 Å². The largest absolute Gasteiger partial charge is 0.465 e. The van der Waals surface area contributed by atoms with Crippen LogP contribution in [-0.2, 0) is 14.8 Å². The average Bonchev–Trinajstić information content (AvgIpc) is 3.19. The maximum Gasteiger partial charge on any atom is 0.349 e. The Balaban J connectivity index is 0.00000208. The Morgan fingerprint density at radius 1 is 1.42 bits per heavy atom. The number of methoxy groups -OCH3 is 1. The van der Waals surface area contributed by atoms with E-state index in [1.165, 1.54) is 7.11 Å². The topological polar surface area (TPSA) is 84.5 Å². The molecule has 9 heteroatoms. The van der Waals surface area contributed by atoms with Crippen LogP contribution >= 0.6 is 23.7 Å². The van der Waals surface area contributed by atoms with Gasteiger partial charge in [0.15, 0.2) is 0 Å². The second-order valence-electron chi connectivity index (χ2n) is 5.39. The molecule has 2 heterocycles. The van der Waals surface area contributed by atoms with E-state index in [0.717, 1.165) is 35.4 Å². The van der Waals surface area contributed by atoms with Crippen molar-refractivity contribution in [2.45, 2.75) is 23.8 Å². The molecule has 132 valence electrons. The summed E-state index contributed by atoms with van der Waals surface area (Å²) in [6, 6.07) is 7.21. The molecule has 2 N–H and O–H groups in total. The first kappa shape index (κ1) is 19.1. The number of nitrogens with one attached hydrogen (secondary N) is 2. The van der Waals surface area contributed by atoms with Gasteiger partial charge in [0.2, 0.25) is 10.0 Å². The lowest BCUT2D eigenvalue weighted by atomic mass is 10.2. The van der Waals surface area contributed by atoms with E-state index in [1.807, 2.05) is 6.07 Å². The fraction of sp³-hybridized carbons (Fsp3) is 0.400. The summed E-state index contributed by atoms with van der Waals surface area (Å²) >= 11 is 1.13. The number of halogens is 1. The highest BCUT2D eigenvalue weighted by Crippen LogP contribution is 2.35. The lowest BCUT2D eigenvalue weighted by Gasteiger charge is -2.12. The maximum atomic E-state index is 12.8. The van der Waals surface area contributed by atoms with Gasteiger partial charge >= 0.3 is 5.97 Å². The predicted molar refractivity (Wildman–Crippen MR) is 96.6 cm³/mol. The van der Waals surface area contributed by atoms with Gasteiger partial charge < -0.3 is 10.1 Å². The number of benzene rings is 1. The van der Waals surface area contributed by atoms with E-state index >= 15 is 0 Å². The molecule has 0 spiro atoms. The molecule has 0 aliphatic carbocycles. The summed E-state index contributed by atoms with van der Waals surface area (Å²) in [5, 5.41) is 3.79. The normalized spacial score (nSPS) is 17.6. The summed E-state index contributed by atoms with van der Waals surface area (Å²) in [5.41, 5.74) is 0. The van der Waals surface area contributed by atoms with Crippen LogP contribution in [0.5, 0.6) is 0 Å². The molecule has 1 aromatic carbocycles. The van der Waals surface area contributed by atoms with E-state index in [4.69, 9.17) is 4.74 Å². The van der Waals surface area contributed by atoms with Crippen LogP contribution in [0.3, 0.4) is 0 Å². The van der Waals surface area contributed by atoms with Crippen molar-refractivity contribution in [2.75, 3.05) is 20.2 Å². The van der Waals surface area contributed by atoms with E-state index in [0.29, 0.717) is 11.9 Å². The molecule has 2 aromatic rings. The Morgan fingerprint density at radius 3 is 2.83 bits per heavy atom. The van der Waals surface area contributed by atoms with Gasteiger partial charge in [0.05, 0.1) is 7.11 Å². The highest BCUT2D eigenvalue weighted by Gasteiger charge is 2.29. The third-order valence-corrected chi connectivity index (χ3v) is 6.66. The number of esters is 1. The molecule has 1 fully saturated rings. The lowest BCUT2D eigenvalue weighted by Crippen LogP contribution is -2.37. The zero-order chi connectivity index (χ0) is 16.4. The van der Waals surface area contributed by atoms with Crippen LogP contribution in [0.1, 0.15) is 22.5 Å². The summed E-state index contributed by atoms with van der Waals surface area (Å²) in [5.74, 6) is -0.634. The molecule has 6 nitrogen and oxygen atoms in total. The smallest absolute Gasteiger partial charge is 0.349 e. The van der Waals surface area contributed by atoms with Crippen LogP contribution in [-0.4, -0.2) is 40.6 Å². The minimum absolute atomic E-state index is 0. The van der Waals surface area contributed by atoms with Gasteiger partial charge in [0.1, 0.15) is 9.77 Å². The maximum absolute atomic E-state index is 12.8. The van der Waals surface area contributed by atoms with Gasteiger partial charge in [-0.15, -0.1) is 23.7 Å². The van der Waals surface area contributed by atoms with Crippen molar-refractivity contribution < 1.29 is 17.9 Å². The molecule has 0 amide bonds.